The molecule has 2 rings (SSSR count). The van der Waals surface area contributed by atoms with E-state index in [1.165, 1.54) is 5.56 Å². The molecule has 0 spiro atoms. The summed E-state index contributed by atoms with van der Waals surface area (Å²) < 4.78 is 0. The molecule has 1 unspecified atom stereocenters. The van der Waals surface area contributed by atoms with Crippen LogP contribution in [0.15, 0.2) is 40.6 Å². The standard InChI is InChI=1S/C11H13N3S2/c1-14-10(12-13-11(14)15)8-16-7-9-5-3-2-4-6-9/h2-6,10H,7-8H2,1H3. The average molecular weight is 251 g/mol. The van der Waals surface area contributed by atoms with Gasteiger partial charge in [0.2, 0.25) is 5.11 Å². The second-order valence-corrected chi connectivity index (χ2v) is 4.99. The molecule has 1 heterocycles. The number of azo groups is 1. The van der Waals surface area contributed by atoms with Crippen molar-refractivity contribution in [1.82, 2.24) is 4.90 Å². The van der Waals surface area contributed by atoms with Crippen molar-refractivity contribution in [2.45, 2.75) is 11.9 Å². The molecule has 0 saturated heterocycles. The molecular weight excluding hydrogens is 238 g/mol. The van der Waals surface area contributed by atoms with Gasteiger partial charge in [-0.05, 0) is 17.8 Å². The Balaban J connectivity index is 1.77. The Hall–Kier alpha value is -0.940. The molecule has 0 bridgehead atoms. The SMILES string of the molecule is CN1C(=S)N=NC1CSCc1ccccc1. The van der Waals surface area contributed by atoms with Crippen molar-refractivity contribution >= 4 is 29.1 Å². The van der Waals surface area contributed by atoms with Crippen LogP contribution in [0.25, 0.3) is 0 Å². The zero-order valence-corrected chi connectivity index (χ0v) is 10.7. The van der Waals surface area contributed by atoms with Gasteiger partial charge in [0.05, 0.1) is 0 Å². The number of nitrogens with zero attached hydrogens (tertiary/aromatic N) is 3. The van der Waals surface area contributed by atoms with Crippen molar-refractivity contribution < 1.29 is 0 Å². The highest BCUT2D eigenvalue weighted by molar-refractivity contribution is 7.98. The monoisotopic (exact) mass is 251 g/mol. The Bertz CT molecular complexity index is 391. The molecule has 5 heteroatoms. The van der Waals surface area contributed by atoms with E-state index in [2.05, 4.69) is 34.5 Å². The van der Waals surface area contributed by atoms with Crippen molar-refractivity contribution in [2.24, 2.45) is 10.2 Å². The van der Waals surface area contributed by atoms with E-state index >= 15 is 0 Å². The van der Waals surface area contributed by atoms with E-state index in [4.69, 9.17) is 12.2 Å². The van der Waals surface area contributed by atoms with Crippen LogP contribution in [-0.2, 0) is 5.75 Å². The van der Waals surface area contributed by atoms with Gasteiger partial charge < -0.3 is 4.90 Å². The molecule has 84 valence electrons. The highest BCUT2D eigenvalue weighted by Gasteiger charge is 2.21. The Kier molecular flexibility index (Phi) is 3.90. The predicted octanol–water partition coefficient (Wildman–Crippen LogP) is 2.93. The maximum absolute atomic E-state index is 5.02. The van der Waals surface area contributed by atoms with Gasteiger partial charge in [-0.2, -0.15) is 16.9 Å². The van der Waals surface area contributed by atoms with Crippen LogP contribution < -0.4 is 0 Å². The Morgan fingerprint density at radius 3 is 2.75 bits per heavy atom. The van der Waals surface area contributed by atoms with Gasteiger partial charge in [0.15, 0.2) is 6.17 Å². The Morgan fingerprint density at radius 1 is 1.38 bits per heavy atom. The third-order valence-electron chi connectivity index (χ3n) is 2.40. The third kappa shape index (κ3) is 2.80. The largest absolute Gasteiger partial charge is 0.325 e. The summed E-state index contributed by atoms with van der Waals surface area (Å²) in [6.45, 7) is 0. The molecular formula is C11H13N3S2. The summed E-state index contributed by atoms with van der Waals surface area (Å²) in [6, 6.07) is 10.4. The van der Waals surface area contributed by atoms with Crippen molar-refractivity contribution in [3.05, 3.63) is 35.9 Å². The number of hydrogen-bond donors (Lipinski definition) is 0. The molecule has 0 amide bonds. The molecule has 1 aliphatic heterocycles. The second kappa shape index (κ2) is 5.41. The molecule has 0 aromatic heterocycles. The predicted molar refractivity (Wildman–Crippen MR) is 71.6 cm³/mol. The molecule has 0 radical (unpaired) electrons. The third-order valence-corrected chi connectivity index (χ3v) is 3.84. The minimum atomic E-state index is 0.112. The van der Waals surface area contributed by atoms with Crippen LogP contribution in [0, 0.1) is 0 Å². The van der Waals surface area contributed by atoms with E-state index in [9.17, 15) is 0 Å². The lowest BCUT2D eigenvalue weighted by Crippen LogP contribution is -2.30. The molecule has 1 atom stereocenters. The summed E-state index contributed by atoms with van der Waals surface area (Å²) >= 11 is 6.87. The molecule has 1 aliphatic rings. The molecule has 16 heavy (non-hydrogen) atoms. The molecule has 1 aromatic rings. The van der Waals surface area contributed by atoms with Crippen LogP contribution in [0.2, 0.25) is 0 Å². The first-order chi connectivity index (χ1) is 7.77. The van der Waals surface area contributed by atoms with E-state index in [0.717, 1.165) is 11.5 Å². The summed E-state index contributed by atoms with van der Waals surface area (Å²) in [5.74, 6) is 1.93. The van der Waals surface area contributed by atoms with Crippen molar-refractivity contribution in [3.8, 4) is 0 Å². The molecule has 0 saturated carbocycles. The molecule has 1 aromatic carbocycles. The lowest BCUT2D eigenvalue weighted by Gasteiger charge is -2.16. The summed E-state index contributed by atoms with van der Waals surface area (Å²) in [5, 5.41) is 8.60. The van der Waals surface area contributed by atoms with E-state index in [1.807, 2.05) is 29.8 Å². The topological polar surface area (TPSA) is 28.0 Å². The first kappa shape index (κ1) is 11.5. The van der Waals surface area contributed by atoms with Crippen LogP contribution in [0.5, 0.6) is 0 Å². The summed E-state index contributed by atoms with van der Waals surface area (Å²) in [5.41, 5.74) is 1.34. The Labute approximate surface area is 105 Å². The van der Waals surface area contributed by atoms with Crippen molar-refractivity contribution in [2.75, 3.05) is 12.8 Å². The van der Waals surface area contributed by atoms with Crippen LogP contribution in [0.3, 0.4) is 0 Å². The van der Waals surface area contributed by atoms with Gasteiger partial charge in [-0.15, -0.1) is 5.11 Å². The minimum absolute atomic E-state index is 0.112. The van der Waals surface area contributed by atoms with E-state index in [1.54, 1.807) is 0 Å². The molecule has 3 nitrogen and oxygen atoms in total. The molecule has 0 aliphatic carbocycles. The van der Waals surface area contributed by atoms with Gasteiger partial charge >= 0.3 is 0 Å². The number of hydrogen-bond acceptors (Lipinski definition) is 3. The average Bonchev–Trinajstić information content (AvgIpc) is 2.62. The number of benzene rings is 1. The highest BCUT2D eigenvalue weighted by Crippen LogP contribution is 2.19. The minimum Gasteiger partial charge on any atom is -0.325 e. The summed E-state index contributed by atoms with van der Waals surface area (Å²) in [7, 11) is 1.94. The Morgan fingerprint density at radius 2 is 2.12 bits per heavy atom. The summed E-state index contributed by atoms with van der Waals surface area (Å²) in [6.07, 6.45) is 0.112. The normalized spacial score (nSPS) is 19.4. The second-order valence-electron chi connectivity index (χ2n) is 3.59. The van der Waals surface area contributed by atoms with Crippen molar-refractivity contribution in [3.63, 3.8) is 0 Å². The lowest BCUT2D eigenvalue weighted by molar-refractivity contribution is 0.435. The smallest absolute Gasteiger partial charge is 0.217 e. The van der Waals surface area contributed by atoms with Crippen LogP contribution in [-0.4, -0.2) is 29.0 Å². The fourth-order valence-electron chi connectivity index (χ4n) is 1.39. The number of rotatable bonds is 4. The number of thiocarbonyl (C=S) groups is 1. The van der Waals surface area contributed by atoms with Gasteiger partial charge in [0.25, 0.3) is 0 Å². The molecule has 0 fully saturated rings. The highest BCUT2D eigenvalue weighted by atomic mass is 32.2. The fraction of sp³-hybridized carbons (Fsp3) is 0.364. The van der Waals surface area contributed by atoms with Crippen LogP contribution in [0.1, 0.15) is 5.56 Å². The fourth-order valence-corrected chi connectivity index (χ4v) is 2.61. The van der Waals surface area contributed by atoms with Crippen LogP contribution in [0.4, 0.5) is 0 Å². The first-order valence-corrected chi connectivity index (χ1v) is 6.63. The zero-order valence-electron chi connectivity index (χ0n) is 9.04. The van der Waals surface area contributed by atoms with E-state index in [-0.39, 0.29) is 6.17 Å². The van der Waals surface area contributed by atoms with E-state index in [0.29, 0.717) is 5.11 Å². The van der Waals surface area contributed by atoms with Crippen LogP contribution >= 0.6 is 24.0 Å². The van der Waals surface area contributed by atoms with Crippen molar-refractivity contribution in [1.29, 1.82) is 0 Å². The lowest BCUT2D eigenvalue weighted by atomic mass is 10.2. The molecule has 0 N–H and O–H groups in total. The van der Waals surface area contributed by atoms with Gasteiger partial charge in [-0.1, -0.05) is 30.3 Å². The first-order valence-electron chi connectivity index (χ1n) is 5.06. The zero-order chi connectivity index (χ0) is 11.4. The van der Waals surface area contributed by atoms with E-state index < -0.39 is 0 Å². The van der Waals surface area contributed by atoms with Gasteiger partial charge in [0, 0.05) is 18.6 Å². The van der Waals surface area contributed by atoms with Gasteiger partial charge in [-0.3, -0.25) is 0 Å². The maximum atomic E-state index is 5.02. The van der Waals surface area contributed by atoms with Gasteiger partial charge in [0.1, 0.15) is 0 Å². The number of thioether (sulfide) groups is 1. The maximum Gasteiger partial charge on any atom is 0.217 e. The quantitative estimate of drug-likeness (QED) is 0.770. The summed E-state index contributed by atoms with van der Waals surface area (Å²) in [4.78, 5) is 1.94. The van der Waals surface area contributed by atoms with Gasteiger partial charge in [-0.25, -0.2) is 0 Å².